The third kappa shape index (κ3) is 4.61. The summed E-state index contributed by atoms with van der Waals surface area (Å²) in [6.45, 7) is 6.61. The molecule has 1 heterocycles. The van der Waals surface area contributed by atoms with E-state index < -0.39 is 10.0 Å². The predicted octanol–water partition coefficient (Wildman–Crippen LogP) is 4.01. The molecule has 0 aliphatic carbocycles. The summed E-state index contributed by atoms with van der Waals surface area (Å²) in [7, 11) is -3.47. The molecule has 1 fully saturated rings. The van der Waals surface area contributed by atoms with Crippen LogP contribution in [0.4, 0.5) is 5.69 Å². The maximum Gasteiger partial charge on any atom is 0.243 e. The summed E-state index contributed by atoms with van der Waals surface area (Å²) < 4.78 is 27.5. The summed E-state index contributed by atoms with van der Waals surface area (Å²) >= 11 is 0. The van der Waals surface area contributed by atoms with Gasteiger partial charge in [0.15, 0.2) is 0 Å². The topological polar surface area (TPSA) is 66.5 Å². The Morgan fingerprint density at radius 1 is 1.16 bits per heavy atom. The van der Waals surface area contributed by atoms with Crippen LogP contribution in [0.5, 0.6) is 0 Å². The van der Waals surface area contributed by atoms with Crippen LogP contribution < -0.4 is 5.32 Å². The second-order valence-electron chi connectivity index (χ2n) is 6.70. The molecule has 1 aromatic carbocycles. The van der Waals surface area contributed by atoms with E-state index >= 15 is 0 Å². The highest BCUT2D eigenvalue weighted by Gasteiger charge is 2.32. The van der Waals surface area contributed by atoms with Crippen LogP contribution in [0.2, 0.25) is 0 Å². The number of nitrogens with one attached hydrogen (secondary N) is 1. The second kappa shape index (κ2) is 8.81. The van der Waals surface area contributed by atoms with Gasteiger partial charge in [-0.15, -0.1) is 0 Å². The molecule has 0 spiro atoms. The molecule has 1 aliphatic rings. The van der Waals surface area contributed by atoms with E-state index in [1.54, 1.807) is 28.6 Å². The van der Waals surface area contributed by atoms with Gasteiger partial charge < -0.3 is 5.32 Å². The fourth-order valence-electron chi connectivity index (χ4n) is 3.45. The molecule has 0 radical (unpaired) electrons. The molecule has 1 atom stereocenters. The van der Waals surface area contributed by atoms with Crippen LogP contribution in [0.3, 0.4) is 0 Å². The number of rotatable bonds is 7. The lowest BCUT2D eigenvalue weighted by Gasteiger charge is -2.34. The molecule has 1 aromatic rings. The molecule has 0 unspecified atom stereocenters. The Morgan fingerprint density at radius 3 is 2.36 bits per heavy atom. The molecule has 6 heteroatoms. The van der Waals surface area contributed by atoms with Gasteiger partial charge in [0.25, 0.3) is 0 Å². The summed E-state index contributed by atoms with van der Waals surface area (Å²) in [6, 6.07) is 6.64. The Labute approximate surface area is 151 Å². The van der Waals surface area contributed by atoms with E-state index in [9.17, 15) is 13.2 Å². The average Bonchev–Trinajstić information content (AvgIpc) is 2.63. The molecule has 1 N–H and O–H groups in total. The molecular weight excluding hydrogens is 336 g/mol. The van der Waals surface area contributed by atoms with Gasteiger partial charge in [0.2, 0.25) is 15.9 Å². The van der Waals surface area contributed by atoms with Gasteiger partial charge in [-0.3, -0.25) is 4.79 Å². The zero-order chi connectivity index (χ0) is 18.4. The van der Waals surface area contributed by atoms with Gasteiger partial charge >= 0.3 is 0 Å². The van der Waals surface area contributed by atoms with Gasteiger partial charge in [-0.05, 0) is 56.4 Å². The Balaban J connectivity index is 2.14. The van der Waals surface area contributed by atoms with Crippen molar-refractivity contribution in [2.24, 2.45) is 5.92 Å². The van der Waals surface area contributed by atoms with Crippen LogP contribution in [0.1, 0.15) is 59.3 Å². The smallest absolute Gasteiger partial charge is 0.243 e. The fraction of sp³-hybridized carbons (Fsp3) is 0.632. The van der Waals surface area contributed by atoms with E-state index in [1.165, 1.54) is 0 Å². The molecule has 0 saturated carbocycles. The number of sulfonamides is 1. The lowest BCUT2D eigenvalue weighted by molar-refractivity contribution is -0.120. The van der Waals surface area contributed by atoms with Crippen molar-refractivity contribution in [3.8, 4) is 0 Å². The maximum absolute atomic E-state index is 12.9. The molecule has 25 heavy (non-hydrogen) atoms. The van der Waals surface area contributed by atoms with Gasteiger partial charge in [-0.2, -0.15) is 4.31 Å². The first-order valence-electron chi connectivity index (χ1n) is 9.36. The molecule has 1 amide bonds. The number of carbonyl (C=O) groups excluding carboxylic acids is 1. The second-order valence-corrected chi connectivity index (χ2v) is 8.59. The van der Waals surface area contributed by atoms with E-state index in [2.05, 4.69) is 5.32 Å². The van der Waals surface area contributed by atoms with E-state index in [0.29, 0.717) is 17.1 Å². The first kappa shape index (κ1) is 19.9. The van der Waals surface area contributed by atoms with Crippen LogP contribution in [0.15, 0.2) is 29.2 Å². The molecule has 1 aliphatic heterocycles. The van der Waals surface area contributed by atoms with Crippen molar-refractivity contribution in [2.45, 2.75) is 70.2 Å². The Morgan fingerprint density at radius 2 is 1.80 bits per heavy atom. The number of amides is 1. The lowest BCUT2D eigenvalue weighted by atomic mass is 10.0. The van der Waals surface area contributed by atoms with Crippen molar-refractivity contribution in [3.63, 3.8) is 0 Å². The van der Waals surface area contributed by atoms with Gasteiger partial charge in [-0.1, -0.05) is 27.2 Å². The van der Waals surface area contributed by atoms with Crippen LogP contribution in [-0.2, 0) is 14.8 Å². The summed E-state index contributed by atoms with van der Waals surface area (Å²) in [5, 5.41) is 2.87. The highest BCUT2D eigenvalue weighted by atomic mass is 32.2. The van der Waals surface area contributed by atoms with Crippen molar-refractivity contribution in [1.29, 1.82) is 0 Å². The normalized spacial score (nSPS) is 19.1. The van der Waals surface area contributed by atoms with E-state index in [-0.39, 0.29) is 17.9 Å². The first-order valence-corrected chi connectivity index (χ1v) is 10.8. The van der Waals surface area contributed by atoms with Crippen LogP contribution >= 0.6 is 0 Å². The lowest BCUT2D eigenvalue weighted by Crippen LogP contribution is -2.43. The van der Waals surface area contributed by atoms with Gasteiger partial charge in [0, 0.05) is 24.2 Å². The van der Waals surface area contributed by atoms with Crippen molar-refractivity contribution in [1.82, 2.24) is 4.31 Å². The van der Waals surface area contributed by atoms with Gasteiger partial charge in [-0.25, -0.2) is 8.42 Å². The summed E-state index contributed by atoms with van der Waals surface area (Å²) in [4.78, 5) is 12.4. The van der Waals surface area contributed by atoms with Crippen LogP contribution in [-0.4, -0.2) is 31.2 Å². The van der Waals surface area contributed by atoms with Crippen molar-refractivity contribution in [2.75, 3.05) is 11.9 Å². The summed E-state index contributed by atoms with van der Waals surface area (Å²) in [5.41, 5.74) is 0.640. The minimum absolute atomic E-state index is 0.0114. The third-order valence-corrected chi connectivity index (χ3v) is 7.10. The van der Waals surface area contributed by atoms with Crippen molar-refractivity contribution >= 4 is 21.6 Å². The van der Waals surface area contributed by atoms with E-state index in [1.807, 2.05) is 20.8 Å². The molecule has 2 rings (SSSR count). The highest BCUT2D eigenvalue weighted by Crippen LogP contribution is 2.27. The van der Waals surface area contributed by atoms with Crippen molar-refractivity contribution < 1.29 is 13.2 Å². The Bertz CT molecular complexity index is 666. The van der Waals surface area contributed by atoms with E-state index in [4.69, 9.17) is 0 Å². The molecule has 140 valence electrons. The molecule has 0 bridgehead atoms. The standard InChI is InChI=1S/C19H30N2O3S/c1-4-15(5-2)19(22)20-16-10-12-18(13-11-16)25(23,24)21-14-8-7-9-17(21)6-3/h10-13,15,17H,4-9,14H2,1-3H3,(H,20,22)/t17-/m0/s1. The van der Waals surface area contributed by atoms with E-state index in [0.717, 1.165) is 38.5 Å². The number of hydrogen-bond acceptors (Lipinski definition) is 3. The van der Waals surface area contributed by atoms with Crippen molar-refractivity contribution in [3.05, 3.63) is 24.3 Å². The average molecular weight is 367 g/mol. The maximum atomic E-state index is 12.9. The first-order chi connectivity index (χ1) is 11.9. The monoisotopic (exact) mass is 366 g/mol. The molecule has 1 saturated heterocycles. The minimum Gasteiger partial charge on any atom is -0.326 e. The number of benzene rings is 1. The highest BCUT2D eigenvalue weighted by molar-refractivity contribution is 7.89. The number of anilines is 1. The Kier molecular flexibility index (Phi) is 7.02. The molecular formula is C19H30N2O3S. The fourth-order valence-corrected chi connectivity index (χ4v) is 5.22. The van der Waals surface area contributed by atoms with Gasteiger partial charge in [0.1, 0.15) is 0 Å². The molecule has 5 nitrogen and oxygen atoms in total. The summed E-state index contributed by atoms with van der Waals surface area (Å²) in [5.74, 6) is -0.0234. The number of carbonyl (C=O) groups is 1. The number of hydrogen-bond donors (Lipinski definition) is 1. The summed E-state index contributed by atoms with van der Waals surface area (Å²) in [6.07, 6.45) is 5.36. The van der Waals surface area contributed by atoms with Crippen LogP contribution in [0.25, 0.3) is 0 Å². The molecule has 0 aromatic heterocycles. The SMILES string of the molecule is CCC(CC)C(=O)Nc1ccc(S(=O)(=O)N2CCCC[C@@H]2CC)cc1. The number of nitrogens with zero attached hydrogens (tertiary/aromatic N) is 1. The number of piperidine rings is 1. The predicted molar refractivity (Wildman–Crippen MR) is 101 cm³/mol. The Hall–Kier alpha value is -1.40. The minimum atomic E-state index is -3.47. The largest absolute Gasteiger partial charge is 0.326 e. The third-order valence-electron chi connectivity index (χ3n) is 5.13. The van der Waals surface area contributed by atoms with Crippen LogP contribution in [0, 0.1) is 5.92 Å². The zero-order valence-electron chi connectivity index (χ0n) is 15.5. The quantitative estimate of drug-likeness (QED) is 0.793. The zero-order valence-corrected chi connectivity index (χ0v) is 16.3. The van der Waals surface area contributed by atoms with Gasteiger partial charge in [0.05, 0.1) is 4.90 Å².